The van der Waals surface area contributed by atoms with Crippen molar-refractivity contribution >= 4 is 35.5 Å². The topological polar surface area (TPSA) is 251 Å². The first-order valence-electron chi connectivity index (χ1n) is 7.88. The minimum atomic E-state index is -1.50. The van der Waals surface area contributed by atoms with E-state index < -0.39 is 60.1 Å². The summed E-state index contributed by atoms with van der Waals surface area (Å²) >= 11 is 0. The Bertz CT molecular complexity index is 609. The second kappa shape index (κ2) is 11.4. The van der Waals surface area contributed by atoms with Gasteiger partial charge in [0.25, 0.3) is 0 Å². The molecule has 0 aliphatic rings. The van der Waals surface area contributed by atoms with Gasteiger partial charge in [0, 0.05) is 12.8 Å². The Hall–Kier alpha value is -3.22. The lowest BCUT2D eigenvalue weighted by Gasteiger charge is -2.22. The molecule has 0 aromatic carbocycles. The number of aliphatic carboxylic acids is 1. The lowest BCUT2D eigenvalue weighted by molar-refractivity contribution is -0.142. The number of hydrogen-bond acceptors (Lipinski definition) is 7. The molecule has 0 saturated carbocycles. The van der Waals surface area contributed by atoms with Crippen LogP contribution in [-0.2, 0) is 28.8 Å². The van der Waals surface area contributed by atoms with Crippen molar-refractivity contribution in [3.63, 3.8) is 0 Å². The van der Waals surface area contributed by atoms with Crippen molar-refractivity contribution in [2.45, 2.75) is 50.2 Å². The van der Waals surface area contributed by atoms with E-state index in [1.165, 1.54) is 0 Å². The summed E-state index contributed by atoms with van der Waals surface area (Å²) in [5, 5.41) is 13.3. The fourth-order valence-corrected chi connectivity index (χ4v) is 1.93. The number of carbonyl (C=O) groups excluding carboxylic acids is 5. The largest absolute Gasteiger partial charge is 0.480 e. The highest BCUT2D eigenvalue weighted by Gasteiger charge is 2.29. The van der Waals surface area contributed by atoms with Crippen LogP contribution in [0.3, 0.4) is 0 Å². The van der Waals surface area contributed by atoms with Crippen molar-refractivity contribution < 1.29 is 33.9 Å². The van der Waals surface area contributed by atoms with E-state index in [9.17, 15) is 28.8 Å². The zero-order chi connectivity index (χ0) is 21.1. The van der Waals surface area contributed by atoms with Crippen molar-refractivity contribution in [2.75, 3.05) is 0 Å². The second-order valence-electron chi connectivity index (χ2n) is 5.75. The van der Waals surface area contributed by atoms with Crippen LogP contribution in [-0.4, -0.2) is 58.7 Å². The van der Waals surface area contributed by atoms with E-state index in [1.54, 1.807) is 0 Å². The summed E-state index contributed by atoms with van der Waals surface area (Å²) in [6, 6.07) is -4.16. The number of carboxylic acids is 1. The minimum absolute atomic E-state index is 0.0948. The third kappa shape index (κ3) is 10.4. The Balaban J connectivity index is 5.03. The van der Waals surface area contributed by atoms with Crippen LogP contribution in [0.4, 0.5) is 0 Å². The Kier molecular flexibility index (Phi) is 10.0. The number of hydrogen-bond donors (Lipinski definition) is 7. The predicted octanol–water partition coefficient (Wildman–Crippen LogP) is -4.23. The van der Waals surface area contributed by atoms with Gasteiger partial charge in [0.15, 0.2) is 0 Å². The van der Waals surface area contributed by atoms with Crippen LogP contribution in [0.1, 0.15) is 32.1 Å². The molecule has 13 nitrogen and oxygen atoms in total. The molecule has 13 heteroatoms. The minimum Gasteiger partial charge on any atom is -0.480 e. The van der Waals surface area contributed by atoms with Gasteiger partial charge in [0.2, 0.25) is 29.5 Å². The predicted molar refractivity (Wildman–Crippen MR) is 90.1 cm³/mol. The summed E-state index contributed by atoms with van der Waals surface area (Å²) in [5.41, 5.74) is 20.5. The van der Waals surface area contributed by atoms with Crippen molar-refractivity contribution in [2.24, 2.45) is 22.9 Å². The molecular formula is C14H24N6O7. The summed E-state index contributed by atoms with van der Waals surface area (Å²) in [7, 11) is 0. The van der Waals surface area contributed by atoms with Crippen LogP contribution in [0.25, 0.3) is 0 Å². The van der Waals surface area contributed by atoms with Crippen LogP contribution in [0, 0.1) is 0 Å². The Morgan fingerprint density at radius 3 is 1.67 bits per heavy atom. The summed E-state index contributed by atoms with van der Waals surface area (Å²) < 4.78 is 0. The highest BCUT2D eigenvalue weighted by Crippen LogP contribution is 2.02. The van der Waals surface area contributed by atoms with Gasteiger partial charge in [-0.25, -0.2) is 4.79 Å². The number of rotatable bonds is 13. The van der Waals surface area contributed by atoms with Crippen LogP contribution in [0.5, 0.6) is 0 Å². The molecule has 0 aromatic heterocycles. The first-order valence-corrected chi connectivity index (χ1v) is 7.88. The maximum absolute atomic E-state index is 12.2. The van der Waals surface area contributed by atoms with E-state index in [1.807, 2.05) is 0 Å². The average molecular weight is 388 g/mol. The number of primary amides is 3. The molecule has 0 rings (SSSR count). The summed E-state index contributed by atoms with van der Waals surface area (Å²) in [5.74, 6) is -5.69. The zero-order valence-corrected chi connectivity index (χ0v) is 14.5. The van der Waals surface area contributed by atoms with E-state index in [0.29, 0.717) is 0 Å². The summed E-state index contributed by atoms with van der Waals surface area (Å²) in [4.78, 5) is 68.0. The molecule has 3 unspecified atom stereocenters. The van der Waals surface area contributed by atoms with Gasteiger partial charge in [-0.1, -0.05) is 0 Å². The molecule has 152 valence electrons. The van der Waals surface area contributed by atoms with Crippen molar-refractivity contribution in [1.82, 2.24) is 10.6 Å². The highest BCUT2D eigenvalue weighted by molar-refractivity contribution is 5.94. The first-order chi connectivity index (χ1) is 12.4. The molecule has 0 aromatic rings. The molecule has 0 bridgehead atoms. The van der Waals surface area contributed by atoms with Crippen molar-refractivity contribution in [3.05, 3.63) is 0 Å². The maximum atomic E-state index is 12.2. The SMILES string of the molecule is NC(=O)CCC(N)C(=O)NC(CC(N)=O)C(=O)NC(CCC(N)=O)C(=O)O. The van der Waals surface area contributed by atoms with Gasteiger partial charge >= 0.3 is 5.97 Å². The number of carboxylic acid groups (broad SMARTS) is 1. The molecule has 0 radical (unpaired) electrons. The monoisotopic (exact) mass is 388 g/mol. The van der Waals surface area contributed by atoms with Gasteiger partial charge in [-0.2, -0.15) is 0 Å². The molecule has 11 N–H and O–H groups in total. The van der Waals surface area contributed by atoms with Crippen molar-refractivity contribution in [3.8, 4) is 0 Å². The smallest absolute Gasteiger partial charge is 0.326 e. The number of amides is 5. The lowest BCUT2D eigenvalue weighted by Crippen LogP contribution is -2.55. The van der Waals surface area contributed by atoms with E-state index in [0.717, 1.165) is 0 Å². The standard InChI is InChI=1S/C14H24N6O7/c15-6(1-3-9(16)21)12(24)20-8(5-11(18)23)13(25)19-7(14(26)27)2-4-10(17)22/h6-8H,1-5,15H2,(H2,16,21)(H2,17,22)(H2,18,23)(H,19,25)(H,20,24)(H,26,27). The molecule has 0 spiro atoms. The fraction of sp³-hybridized carbons (Fsp3) is 0.571. The van der Waals surface area contributed by atoms with Gasteiger partial charge < -0.3 is 38.7 Å². The van der Waals surface area contributed by atoms with E-state index in [2.05, 4.69) is 10.6 Å². The first kappa shape index (κ1) is 23.8. The number of carbonyl (C=O) groups is 6. The van der Waals surface area contributed by atoms with Gasteiger partial charge in [0.1, 0.15) is 12.1 Å². The average Bonchev–Trinajstić information content (AvgIpc) is 2.54. The molecule has 27 heavy (non-hydrogen) atoms. The number of nitrogens with one attached hydrogen (secondary N) is 2. The van der Waals surface area contributed by atoms with E-state index >= 15 is 0 Å². The van der Waals surface area contributed by atoms with Gasteiger partial charge in [-0.05, 0) is 12.8 Å². The molecule has 0 aliphatic heterocycles. The van der Waals surface area contributed by atoms with Gasteiger partial charge in [-0.15, -0.1) is 0 Å². The molecular weight excluding hydrogens is 364 g/mol. The molecule has 3 atom stereocenters. The van der Waals surface area contributed by atoms with Crippen LogP contribution in [0.2, 0.25) is 0 Å². The zero-order valence-electron chi connectivity index (χ0n) is 14.5. The van der Waals surface area contributed by atoms with Gasteiger partial charge in [0.05, 0.1) is 12.5 Å². The van der Waals surface area contributed by atoms with Crippen LogP contribution >= 0.6 is 0 Å². The summed E-state index contributed by atoms with van der Waals surface area (Å²) in [6.45, 7) is 0. The van der Waals surface area contributed by atoms with Crippen LogP contribution < -0.4 is 33.6 Å². The molecule has 0 heterocycles. The third-order valence-corrected chi connectivity index (χ3v) is 3.37. The van der Waals surface area contributed by atoms with E-state index in [4.69, 9.17) is 28.0 Å². The fourth-order valence-electron chi connectivity index (χ4n) is 1.93. The maximum Gasteiger partial charge on any atom is 0.326 e. The van der Waals surface area contributed by atoms with Gasteiger partial charge in [-0.3, -0.25) is 24.0 Å². The number of nitrogens with two attached hydrogens (primary N) is 4. The molecule has 5 amide bonds. The molecule has 0 aliphatic carbocycles. The molecule has 0 fully saturated rings. The Morgan fingerprint density at radius 1 is 0.741 bits per heavy atom. The highest BCUT2D eigenvalue weighted by atomic mass is 16.4. The van der Waals surface area contributed by atoms with Crippen molar-refractivity contribution in [1.29, 1.82) is 0 Å². The molecule has 0 saturated heterocycles. The normalized spacial score (nSPS) is 13.7. The van der Waals surface area contributed by atoms with E-state index in [-0.39, 0.29) is 25.7 Å². The lowest BCUT2D eigenvalue weighted by atomic mass is 10.1. The third-order valence-electron chi connectivity index (χ3n) is 3.37. The van der Waals surface area contributed by atoms with Crippen LogP contribution in [0.15, 0.2) is 0 Å². The second-order valence-corrected chi connectivity index (χ2v) is 5.75. The quantitative estimate of drug-likeness (QED) is 0.162. The Labute approximate surface area is 154 Å². The summed E-state index contributed by atoms with van der Waals surface area (Å²) in [6.07, 6.45) is -1.48. The Morgan fingerprint density at radius 2 is 1.22 bits per heavy atom.